The van der Waals surface area contributed by atoms with Gasteiger partial charge in [-0.05, 0) is 31.5 Å². The molecule has 1 aromatic carbocycles. The minimum Gasteiger partial charge on any atom is -0.370 e. The summed E-state index contributed by atoms with van der Waals surface area (Å²) in [4.78, 5) is 15.7. The van der Waals surface area contributed by atoms with Crippen molar-refractivity contribution in [1.82, 2.24) is 10.6 Å². The van der Waals surface area contributed by atoms with E-state index in [9.17, 15) is 9.18 Å². The first-order valence-corrected chi connectivity index (χ1v) is 6.12. The van der Waals surface area contributed by atoms with Crippen LogP contribution in [0.15, 0.2) is 23.2 Å². The van der Waals surface area contributed by atoms with Gasteiger partial charge in [-0.2, -0.15) is 0 Å². The molecule has 1 aromatic rings. The van der Waals surface area contributed by atoms with Crippen LogP contribution < -0.4 is 16.4 Å². The molecular weight excluding hydrogens is 247 g/mol. The first kappa shape index (κ1) is 14.9. The van der Waals surface area contributed by atoms with Crippen LogP contribution in [0.25, 0.3) is 0 Å². The molecule has 104 valence electrons. The molecule has 0 fully saturated rings. The molecule has 0 aromatic heterocycles. The van der Waals surface area contributed by atoms with E-state index in [1.54, 1.807) is 19.1 Å². The molecule has 0 unspecified atom stereocenters. The van der Waals surface area contributed by atoms with Crippen molar-refractivity contribution in [2.45, 2.75) is 13.8 Å². The Balaban J connectivity index is 2.43. The number of carbonyl (C=O) groups is 1. The molecule has 19 heavy (non-hydrogen) atoms. The molecule has 1 amide bonds. The number of benzene rings is 1. The van der Waals surface area contributed by atoms with Crippen molar-refractivity contribution in [2.24, 2.45) is 10.7 Å². The van der Waals surface area contributed by atoms with Gasteiger partial charge in [-0.25, -0.2) is 4.39 Å². The molecule has 5 nitrogen and oxygen atoms in total. The normalized spacial score (nSPS) is 11.2. The van der Waals surface area contributed by atoms with Crippen LogP contribution in [0.5, 0.6) is 0 Å². The molecule has 0 heterocycles. The predicted molar refractivity (Wildman–Crippen MR) is 73.6 cm³/mol. The number of hydrogen-bond donors (Lipinski definition) is 3. The first-order chi connectivity index (χ1) is 9.04. The second kappa shape index (κ2) is 7.35. The zero-order chi connectivity index (χ0) is 14.3. The van der Waals surface area contributed by atoms with Gasteiger partial charge in [0, 0.05) is 18.7 Å². The highest BCUT2D eigenvalue weighted by Gasteiger charge is 2.07. The molecule has 4 N–H and O–H groups in total. The summed E-state index contributed by atoms with van der Waals surface area (Å²) in [6, 6.07) is 4.39. The Bertz CT molecular complexity index is 474. The van der Waals surface area contributed by atoms with Gasteiger partial charge in [0.05, 0.1) is 6.54 Å². The number of amides is 1. The number of aryl methyl sites for hydroxylation is 1. The molecular formula is C13H19FN4O. The average molecular weight is 266 g/mol. The number of aliphatic imine (C=N–C) groups is 1. The van der Waals surface area contributed by atoms with E-state index in [0.29, 0.717) is 36.7 Å². The van der Waals surface area contributed by atoms with E-state index < -0.39 is 0 Å². The summed E-state index contributed by atoms with van der Waals surface area (Å²) in [6.45, 7) is 4.98. The lowest BCUT2D eigenvalue weighted by molar-refractivity contribution is 0.0954. The maximum atomic E-state index is 13.3. The largest absolute Gasteiger partial charge is 0.370 e. The van der Waals surface area contributed by atoms with E-state index in [0.717, 1.165) is 0 Å². The Morgan fingerprint density at radius 3 is 2.79 bits per heavy atom. The van der Waals surface area contributed by atoms with Crippen LogP contribution in [-0.2, 0) is 0 Å². The van der Waals surface area contributed by atoms with Crippen LogP contribution >= 0.6 is 0 Å². The zero-order valence-corrected chi connectivity index (χ0v) is 11.2. The maximum Gasteiger partial charge on any atom is 0.251 e. The van der Waals surface area contributed by atoms with Crippen molar-refractivity contribution in [3.05, 3.63) is 35.1 Å². The summed E-state index contributed by atoms with van der Waals surface area (Å²) in [7, 11) is 0. The summed E-state index contributed by atoms with van der Waals surface area (Å²) < 4.78 is 13.3. The number of rotatable bonds is 5. The Morgan fingerprint density at radius 1 is 1.42 bits per heavy atom. The van der Waals surface area contributed by atoms with E-state index in [1.165, 1.54) is 6.07 Å². The van der Waals surface area contributed by atoms with Crippen molar-refractivity contribution in [3.63, 3.8) is 0 Å². The van der Waals surface area contributed by atoms with Gasteiger partial charge >= 0.3 is 0 Å². The van der Waals surface area contributed by atoms with Gasteiger partial charge in [0.2, 0.25) is 0 Å². The summed E-state index contributed by atoms with van der Waals surface area (Å²) in [5, 5.41) is 5.49. The fraction of sp³-hybridized carbons (Fsp3) is 0.385. The summed E-state index contributed by atoms with van der Waals surface area (Å²) in [6.07, 6.45) is 0. The molecule has 0 saturated heterocycles. The predicted octanol–water partition coefficient (Wildman–Crippen LogP) is 0.788. The van der Waals surface area contributed by atoms with Crippen LogP contribution in [0.4, 0.5) is 4.39 Å². The summed E-state index contributed by atoms with van der Waals surface area (Å²) >= 11 is 0. The zero-order valence-electron chi connectivity index (χ0n) is 11.2. The number of nitrogens with one attached hydrogen (secondary N) is 2. The molecule has 0 saturated carbocycles. The van der Waals surface area contributed by atoms with Crippen LogP contribution in [0.3, 0.4) is 0 Å². The van der Waals surface area contributed by atoms with Crippen LogP contribution in [-0.4, -0.2) is 31.5 Å². The lowest BCUT2D eigenvalue weighted by Gasteiger charge is -2.05. The van der Waals surface area contributed by atoms with Gasteiger partial charge in [0.1, 0.15) is 5.82 Å². The standard InChI is InChI=1S/C13H19FN4O/c1-3-16-13(15)18-7-6-17-12(19)10-5-4-9(2)11(14)8-10/h4-5,8H,3,6-7H2,1-2H3,(H,17,19)(H3,15,16,18). The van der Waals surface area contributed by atoms with Gasteiger partial charge in [0.15, 0.2) is 5.96 Å². The van der Waals surface area contributed by atoms with Crippen molar-refractivity contribution >= 4 is 11.9 Å². The SMILES string of the molecule is CCNC(N)=NCCNC(=O)c1ccc(C)c(F)c1. The minimum atomic E-state index is -0.387. The van der Waals surface area contributed by atoms with Crippen LogP contribution in [0.2, 0.25) is 0 Å². The van der Waals surface area contributed by atoms with Gasteiger partial charge in [-0.1, -0.05) is 6.07 Å². The lowest BCUT2D eigenvalue weighted by atomic mass is 10.1. The molecule has 0 bridgehead atoms. The van der Waals surface area contributed by atoms with E-state index in [-0.39, 0.29) is 11.7 Å². The molecule has 0 radical (unpaired) electrons. The third-order valence-corrected chi connectivity index (χ3v) is 2.47. The highest BCUT2D eigenvalue weighted by atomic mass is 19.1. The van der Waals surface area contributed by atoms with Crippen LogP contribution in [0.1, 0.15) is 22.8 Å². The lowest BCUT2D eigenvalue weighted by Crippen LogP contribution is -2.33. The maximum absolute atomic E-state index is 13.3. The van der Waals surface area contributed by atoms with Gasteiger partial charge in [0.25, 0.3) is 5.91 Å². The average Bonchev–Trinajstić information content (AvgIpc) is 2.38. The number of halogens is 1. The number of guanidine groups is 1. The number of hydrogen-bond acceptors (Lipinski definition) is 2. The number of carbonyl (C=O) groups excluding carboxylic acids is 1. The highest BCUT2D eigenvalue weighted by Crippen LogP contribution is 2.08. The highest BCUT2D eigenvalue weighted by molar-refractivity contribution is 5.94. The monoisotopic (exact) mass is 266 g/mol. The second-order valence-electron chi connectivity index (χ2n) is 4.02. The summed E-state index contributed by atoms with van der Waals surface area (Å²) in [5.74, 6) is -0.365. The van der Waals surface area contributed by atoms with Crippen molar-refractivity contribution in [1.29, 1.82) is 0 Å². The van der Waals surface area contributed by atoms with E-state index in [1.807, 2.05) is 6.92 Å². The smallest absolute Gasteiger partial charge is 0.251 e. The molecule has 6 heteroatoms. The van der Waals surface area contributed by atoms with E-state index in [2.05, 4.69) is 15.6 Å². The van der Waals surface area contributed by atoms with Gasteiger partial charge in [-0.15, -0.1) is 0 Å². The fourth-order valence-corrected chi connectivity index (χ4v) is 1.42. The molecule has 0 aliphatic heterocycles. The van der Waals surface area contributed by atoms with E-state index in [4.69, 9.17) is 5.73 Å². The minimum absolute atomic E-state index is 0.298. The second-order valence-corrected chi connectivity index (χ2v) is 4.02. The van der Waals surface area contributed by atoms with Crippen molar-refractivity contribution in [2.75, 3.05) is 19.6 Å². The Labute approximate surface area is 112 Å². The van der Waals surface area contributed by atoms with E-state index >= 15 is 0 Å². The Kier molecular flexibility index (Phi) is 5.78. The van der Waals surface area contributed by atoms with Gasteiger partial charge < -0.3 is 16.4 Å². The Hall–Kier alpha value is -2.11. The van der Waals surface area contributed by atoms with Crippen LogP contribution in [0, 0.1) is 12.7 Å². The summed E-state index contributed by atoms with van der Waals surface area (Å²) in [5.41, 5.74) is 6.34. The van der Waals surface area contributed by atoms with Crippen molar-refractivity contribution < 1.29 is 9.18 Å². The third kappa shape index (κ3) is 4.95. The quantitative estimate of drug-likeness (QED) is 0.419. The Morgan fingerprint density at radius 2 is 2.16 bits per heavy atom. The number of nitrogens with two attached hydrogens (primary N) is 1. The first-order valence-electron chi connectivity index (χ1n) is 6.12. The van der Waals surface area contributed by atoms with Crippen molar-refractivity contribution in [3.8, 4) is 0 Å². The molecule has 1 rings (SSSR count). The van der Waals surface area contributed by atoms with Gasteiger partial charge in [-0.3, -0.25) is 9.79 Å². The third-order valence-electron chi connectivity index (χ3n) is 2.47. The fourth-order valence-electron chi connectivity index (χ4n) is 1.42. The number of nitrogens with zero attached hydrogens (tertiary/aromatic N) is 1. The molecule has 0 aliphatic rings. The topological polar surface area (TPSA) is 79.5 Å². The molecule has 0 spiro atoms. The molecule has 0 aliphatic carbocycles. The molecule has 0 atom stereocenters.